The quantitative estimate of drug-likeness (QED) is 0.278. The molecule has 72 valence electrons. The lowest BCUT2D eigenvalue weighted by atomic mass is 10.1. The summed E-state index contributed by atoms with van der Waals surface area (Å²) in [6.07, 6.45) is 0.800. The first kappa shape index (κ1) is 11.4. The van der Waals surface area contributed by atoms with Crippen LogP contribution in [-0.2, 0) is 19.1 Å². The van der Waals surface area contributed by atoms with E-state index in [2.05, 4.69) is 4.74 Å². The van der Waals surface area contributed by atoms with Crippen molar-refractivity contribution in [3.8, 4) is 0 Å². The minimum Gasteiger partial charge on any atom is -0.463 e. The smallest absolute Gasteiger partial charge is 0.331 e. The maximum Gasteiger partial charge on any atom is 0.331 e. The van der Waals surface area contributed by atoms with E-state index in [0.717, 1.165) is 13.0 Å². The number of ketones is 1. The third-order valence-electron chi connectivity index (χ3n) is 1.19. The Morgan fingerprint density at radius 3 is 2.23 bits per heavy atom. The van der Waals surface area contributed by atoms with E-state index in [9.17, 15) is 14.4 Å². The third kappa shape index (κ3) is 4.05. The Labute approximate surface area is 75.5 Å². The third-order valence-corrected chi connectivity index (χ3v) is 1.19. The molecule has 2 N–H and O–H groups in total. The van der Waals surface area contributed by atoms with Crippen LogP contribution in [0.4, 0.5) is 0 Å². The van der Waals surface area contributed by atoms with E-state index >= 15 is 0 Å². The first-order chi connectivity index (χ1) is 5.99. The fraction of sp³-hybridized carbons (Fsp3) is 0.375. The van der Waals surface area contributed by atoms with Gasteiger partial charge in [0, 0.05) is 6.08 Å². The minimum absolute atomic E-state index is 0.180. The Hall–Kier alpha value is -1.65. The Morgan fingerprint density at radius 2 is 1.92 bits per heavy atom. The Morgan fingerprint density at radius 1 is 1.38 bits per heavy atom. The van der Waals surface area contributed by atoms with Crippen molar-refractivity contribution >= 4 is 17.7 Å². The zero-order valence-corrected chi connectivity index (χ0v) is 7.49. The molecule has 0 aliphatic rings. The number of primary amides is 1. The molecule has 13 heavy (non-hydrogen) atoms. The topological polar surface area (TPSA) is 86.5 Å². The first-order valence-corrected chi connectivity index (χ1v) is 3.68. The molecule has 0 saturated carbocycles. The van der Waals surface area contributed by atoms with Crippen molar-refractivity contribution in [2.75, 3.05) is 6.61 Å². The van der Waals surface area contributed by atoms with Gasteiger partial charge in [-0.3, -0.25) is 9.59 Å². The van der Waals surface area contributed by atoms with Gasteiger partial charge in [-0.25, -0.2) is 4.79 Å². The summed E-state index contributed by atoms with van der Waals surface area (Å²) in [6, 6.07) is 0. The Bertz CT molecular complexity index is 251. The van der Waals surface area contributed by atoms with Crippen LogP contribution in [0, 0.1) is 0 Å². The second-order valence-corrected chi connectivity index (χ2v) is 2.23. The molecule has 0 aliphatic heterocycles. The maximum atomic E-state index is 10.8. The molecule has 0 radical (unpaired) electrons. The lowest BCUT2D eigenvalue weighted by Crippen LogP contribution is -2.20. The van der Waals surface area contributed by atoms with Crippen LogP contribution < -0.4 is 5.73 Å². The highest BCUT2D eigenvalue weighted by molar-refractivity contribution is 6.20. The van der Waals surface area contributed by atoms with Crippen LogP contribution in [0.15, 0.2) is 11.6 Å². The SMILES string of the molecule is CCOC(=O)C=C(C(C)=O)C(N)=O. The van der Waals surface area contributed by atoms with Gasteiger partial charge < -0.3 is 10.5 Å². The van der Waals surface area contributed by atoms with Crippen molar-refractivity contribution in [1.29, 1.82) is 0 Å². The molecule has 0 spiro atoms. The molecule has 0 aromatic carbocycles. The largest absolute Gasteiger partial charge is 0.463 e. The summed E-state index contributed by atoms with van der Waals surface area (Å²) in [5.41, 5.74) is 4.50. The average molecular weight is 185 g/mol. The van der Waals surface area contributed by atoms with Crippen molar-refractivity contribution in [2.45, 2.75) is 13.8 Å². The fourth-order valence-electron chi connectivity index (χ4n) is 0.648. The van der Waals surface area contributed by atoms with Crippen LogP contribution >= 0.6 is 0 Å². The van der Waals surface area contributed by atoms with E-state index < -0.39 is 17.7 Å². The van der Waals surface area contributed by atoms with Crippen LogP contribution in [0.3, 0.4) is 0 Å². The maximum absolute atomic E-state index is 10.8. The number of hydrogen-bond acceptors (Lipinski definition) is 4. The summed E-state index contributed by atoms with van der Waals surface area (Å²) in [7, 11) is 0. The number of rotatable bonds is 4. The minimum atomic E-state index is -0.930. The molecule has 0 aliphatic carbocycles. The summed E-state index contributed by atoms with van der Waals surface area (Å²) >= 11 is 0. The van der Waals surface area contributed by atoms with Crippen molar-refractivity contribution in [2.24, 2.45) is 5.73 Å². The van der Waals surface area contributed by atoms with Gasteiger partial charge in [0.2, 0.25) is 0 Å². The van der Waals surface area contributed by atoms with Gasteiger partial charge in [-0.05, 0) is 13.8 Å². The molecule has 0 atom stereocenters. The highest BCUT2D eigenvalue weighted by Crippen LogP contribution is 1.96. The van der Waals surface area contributed by atoms with Gasteiger partial charge in [-0.1, -0.05) is 0 Å². The van der Waals surface area contributed by atoms with Crippen molar-refractivity contribution < 1.29 is 19.1 Å². The molecule has 0 saturated heterocycles. The summed E-state index contributed by atoms with van der Waals surface area (Å²) in [6.45, 7) is 2.94. The van der Waals surface area contributed by atoms with Crippen molar-refractivity contribution in [1.82, 2.24) is 0 Å². The van der Waals surface area contributed by atoms with Gasteiger partial charge in [0.05, 0.1) is 12.2 Å². The molecule has 0 unspecified atom stereocenters. The molecule has 5 heteroatoms. The van der Waals surface area contributed by atoms with Crippen molar-refractivity contribution in [3.63, 3.8) is 0 Å². The standard InChI is InChI=1S/C8H11NO4/c1-3-13-7(11)4-6(5(2)10)8(9)12/h4H,3H2,1-2H3,(H2,9,12). The number of nitrogens with two attached hydrogens (primary N) is 1. The second-order valence-electron chi connectivity index (χ2n) is 2.23. The lowest BCUT2D eigenvalue weighted by molar-refractivity contribution is -0.137. The first-order valence-electron chi connectivity index (χ1n) is 3.68. The zero-order valence-electron chi connectivity index (χ0n) is 7.49. The molecule has 0 aromatic heterocycles. The van der Waals surface area contributed by atoms with E-state index in [4.69, 9.17) is 5.73 Å². The number of hydrogen-bond donors (Lipinski definition) is 1. The molecular weight excluding hydrogens is 174 g/mol. The average Bonchev–Trinajstić information content (AvgIpc) is 1.99. The number of ether oxygens (including phenoxy) is 1. The highest BCUT2D eigenvalue weighted by atomic mass is 16.5. The van der Waals surface area contributed by atoms with Crippen LogP contribution in [0.25, 0.3) is 0 Å². The summed E-state index contributed by atoms with van der Waals surface area (Å²) < 4.78 is 4.50. The van der Waals surface area contributed by atoms with E-state index in [1.807, 2.05) is 0 Å². The normalized spacial score (nSPS) is 10.8. The molecule has 0 rings (SSSR count). The van der Waals surface area contributed by atoms with Crippen LogP contribution in [0.5, 0.6) is 0 Å². The number of amides is 1. The predicted molar refractivity (Wildman–Crippen MR) is 44.6 cm³/mol. The number of carbonyl (C=O) groups is 3. The lowest BCUT2D eigenvalue weighted by Gasteiger charge is -1.98. The van der Waals surface area contributed by atoms with Crippen LogP contribution in [0.2, 0.25) is 0 Å². The fourth-order valence-corrected chi connectivity index (χ4v) is 0.648. The van der Waals surface area contributed by atoms with E-state index in [1.54, 1.807) is 6.92 Å². The zero-order chi connectivity index (χ0) is 10.4. The van der Waals surface area contributed by atoms with Gasteiger partial charge >= 0.3 is 5.97 Å². The van der Waals surface area contributed by atoms with Gasteiger partial charge in [0.25, 0.3) is 5.91 Å². The molecule has 5 nitrogen and oxygen atoms in total. The van der Waals surface area contributed by atoms with Gasteiger partial charge in [-0.2, -0.15) is 0 Å². The Balaban J connectivity index is 4.64. The Kier molecular flexibility index (Phi) is 4.43. The van der Waals surface area contributed by atoms with Crippen LogP contribution in [0.1, 0.15) is 13.8 Å². The number of carbonyl (C=O) groups excluding carboxylic acids is 3. The molecule has 0 aromatic rings. The molecular formula is C8H11NO4. The van der Waals surface area contributed by atoms with E-state index in [0.29, 0.717) is 0 Å². The molecule has 0 bridgehead atoms. The van der Waals surface area contributed by atoms with E-state index in [1.165, 1.54) is 0 Å². The number of esters is 1. The summed E-state index contributed by atoms with van der Waals surface area (Å²) in [5, 5.41) is 0. The summed E-state index contributed by atoms with van der Waals surface area (Å²) in [4.78, 5) is 32.2. The number of Topliss-reactive ketones (excluding diaryl/α,β-unsaturated/α-hetero) is 1. The summed E-state index contributed by atoms with van der Waals surface area (Å²) in [5.74, 6) is -2.23. The van der Waals surface area contributed by atoms with Gasteiger partial charge in [0.1, 0.15) is 0 Å². The van der Waals surface area contributed by atoms with Gasteiger partial charge in [0.15, 0.2) is 5.78 Å². The van der Waals surface area contributed by atoms with Gasteiger partial charge in [-0.15, -0.1) is 0 Å². The van der Waals surface area contributed by atoms with Crippen LogP contribution in [-0.4, -0.2) is 24.3 Å². The highest BCUT2D eigenvalue weighted by Gasteiger charge is 2.12. The predicted octanol–water partition coefficient (Wildman–Crippen LogP) is -0.450. The molecule has 1 amide bonds. The van der Waals surface area contributed by atoms with Crippen molar-refractivity contribution in [3.05, 3.63) is 11.6 Å². The molecule has 0 heterocycles. The monoisotopic (exact) mass is 185 g/mol. The second kappa shape index (κ2) is 5.08. The molecule has 0 fully saturated rings. The van der Waals surface area contributed by atoms with E-state index in [-0.39, 0.29) is 12.2 Å².